The molecular weight excluding hydrogens is 147 g/mol. The fourth-order valence-electron chi connectivity index (χ4n) is 0.724. The van der Waals surface area contributed by atoms with Gasteiger partial charge in [-0.05, 0) is 18.9 Å². The van der Waals surface area contributed by atoms with E-state index in [9.17, 15) is 0 Å². The first-order valence-electron chi connectivity index (χ1n) is 2.69. The first-order chi connectivity index (χ1) is 3.39. The third-order valence-corrected chi connectivity index (χ3v) is 2.68. The van der Waals surface area contributed by atoms with Gasteiger partial charge in [0.25, 0.3) is 0 Å². The van der Waals surface area contributed by atoms with E-state index in [1.165, 1.54) is 6.42 Å². The maximum Gasteiger partial charge on any atom is 1.00 e. The van der Waals surface area contributed by atoms with Gasteiger partial charge >= 0.3 is 60.7 Å². The summed E-state index contributed by atoms with van der Waals surface area (Å²) in [4.78, 5) is 8.83. The Labute approximate surface area is 95.4 Å². The van der Waals surface area contributed by atoms with Crippen LogP contribution in [0.4, 0.5) is 0 Å². The van der Waals surface area contributed by atoms with Gasteiger partial charge in [0, 0.05) is 6.61 Å². The molecule has 0 saturated carbocycles. The Morgan fingerprint density at radius 3 is 2.50 bits per heavy atom. The zero-order valence-corrected chi connectivity index (χ0v) is 9.54. The molecule has 4 heteroatoms. The third-order valence-electron chi connectivity index (χ3n) is 1.16. The predicted octanol–water partition coefficient (Wildman–Crippen LogP) is -2.87. The number of hydrogen-bond acceptors (Lipinski definition) is 2. The molecule has 1 atom stereocenters. The molecule has 44 valence electrons. The van der Waals surface area contributed by atoms with Gasteiger partial charge in [0.2, 0.25) is 0 Å². The molecule has 0 radical (unpaired) electrons. The van der Waals surface area contributed by atoms with Crippen molar-refractivity contribution in [1.29, 1.82) is 0 Å². The molecule has 8 heavy (non-hydrogen) atoms. The Morgan fingerprint density at radius 2 is 2.25 bits per heavy atom. The molecule has 1 saturated heterocycles. The third kappa shape index (κ3) is 3.73. The Balaban J connectivity index is 0. The van der Waals surface area contributed by atoms with Crippen molar-refractivity contribution in [3.63, 3.8) is 0 Å². The van der Waals surface area contributed by atoms with Crippen molar-refractivity contribution in [3.8, 4) is 0 Å². The van der Waals surface area contributed by atoms with Crippen LogP contribution in [0.1, 0.15) is 14.3 Å². The van der Waals surface area contributed by atoms with Gasteiger partial charge in [-0.1, -0.05) is 0 Å². The number of rotatable bonds is 0. The van der Waals surface area contributed by atoms with E-state index in [1.54, 1.807) is 0 Å². The molecule has 1 rings (SSSR count). The average molecular weight is 158 g/mol. The maximum atomic E-state index is 8.83. The molecule has 1 heterocycles. The zero-order valence-electron chi connectivity index (χ0n) is 6.26. The van der Waals surface area contributed by atoms with Crippen molar-refractivity contribution in [2.75, 3.05) is 6.61 Å². The molecule has 0 aromatic carbocycles. The molecule has 0 aromatic heterocycles. The molecule has 1 unspecified atom stereocenters. The van der Waals surface area contributed by atoms with Gasteiger partial charge in [0.1, 0.15) is 0 Å². The smallest absolute Gasteiger partial charge is 1.00 e. The largest absolute Gasteiger partial charge is 1.00 e. The van der Waals surface area contributed by atoms with Crippen LogP contribution in [0.25, 0.3) is 0 Å². The van der Waals surface area contributed by atoms with E-state index in [2.05, 4.69) is 0 Å². The Hall–Kier alpha value is 1.77. The van der Waals surface area contributed by atoms with E-state index >= 15 is 0 Å². The van der Waals surface area contributed by atoms with Crippen LogP contribution in [0.15, 0.2) is 0 Å². The fraction of sp³-hybridized carbons (Fsp3) is 1.00. The molecule has 1 N–H and O–H groups in total. The van der Waals surface area contributed by atoms with Crippen LogP contribution >= 0.6 is 0 Å². The molecule has 0 amide bonds. The predicted molar refractivity (Wildman–Crippen MR) is 30.5 cm³/mol. The first-order valence-corrected chi connectivity index (χ1v) is 4.50. The Bertz CT molecular complexity index is 60.5. The maximum absolute atomic E-state index is 8.83. The summed E-state index contributed by atoms with van der Waals surface area (Å²) in [5.41, 5.74) is 0. The minimum atomic E-state index is -1.59. The second-order valence-corrected chi connectivity index (χ2v) is 3.64. The van der Waals surface area contributed by atoms with Gasteiger partial charge in [0.05, 0.1) is 0 Å². The molecule has 2 nitrogen and oxygen atoms in total. The average Bonchev–Trinajstić information content (AvgIpc) is 1.69. The van der Waals surface area contributed by atoms with Crippen LogP contribution < -0.4 is 51.4 Å². The van der Waals surface area contributed by atoms with E-state index in [0.29, 0.717) is 0 Å². The summed E-state index contributed by atoms with van der Waals surface area (Å²) < 4.78 is 4.97. The SMILES string of the molecule is O[SiH]1CCCCO1.[H-].[K+]. The fourth-order valence-corrected chi connectivity index (χ4v) is 1.97. The zero-order chi connectivity index (χ0) is 5.11. The van der Waals surface area contributed by atoms with Crippen molar-refractivity contribution in [2.45, 2.75) is 18.9 Å². The van der Waals surface area contributed by atoms with E-state index in [1.807, 2.05) is 0 Å². The van der Waals surface area contributed by atoms with Crippen molar-refractivity contribution in [3.05, 3.63) is 0 Å². The molecule has 0 spiro atoms. The van der Waals surface area contributed by atoms with Gasteiger partial charge in [-0.15, -0.1) is 0 Å². The summed E-state index contributed by atoms with van der Waals surface area (Å²) >= 11 is 0. The Kier molecular flexibility index (Phi) is 6.78. The van der Waals surface area contributed by atoms with Crippen molar-refractivity contribution in [2.24, 2.45) is 0 Å². The summed E-state index contributed by atoms with van der Waals surface area (Å²) in [6.45, 7) is 0.799. The van der Waals surface area contributed by atoms with Crippen LogP contribution in [0.5, 0.6) is 0 Å². The Morgan fingerprint density at radius 1 is 1.50 bits per heavy atom. The van der Waals surface area contributed by atoms with Gasteiger partial charge in [-0.25, -0.2) is 0 Å². The van der Waals surface area contributed by atoms with E-state index in [-0.39, 0.29) is 52.8 Å². The summed E-state index contributed by atoms with van der Waals surface area (Å²) in [6.07, 6.45) is 2.32. The first kappa shape index (κ1) is 9.77. The molecule has 0 bridgehead atoms. The van der Waals surface area contributed by atoms with Gasteiger partial charge in [0.15, 0.2) is 0 Å². The summed E-state index contributed by atoms with van der Waals surface area (Å²) in [7, 11) is -1.59. The standard InChI is InChI=1S/C4H10O2Si.K.H/c5-7-4-2-1-3-6-7;;/h5,7H,1-4H2;;/q;+1;-1. The molecule has 0 aliphatic carbocycles. The molecule has 0 aromatic rings. The van der Waals surface area contributed by atoms with Crippen LogP contribution in [-0.2, 0) is 4.43 Å². The molecular formula is C4H11KO2Si. The van der Waals surface area contributed by atoms with Crippen LogP contribution in [-0.4, -0.2) is 20.7 Å². The topological polar surface area (TPSA) is 29.5 Å². The second-order valence-electron chi connectivity index (χ2n) is 1.82. The quantitative estimate of drug-likeness (QED) is 0.384. The normalized spacial score (nSPS) is 28.9. The van der Waals surface area contributed by atoms with E-state index < -0.39 is 9.28 Å². The molecule has 1 fully saturated rings. The van der Waals surface area contributed by atoms with Gasteiger partial charge in [-0.2, -0.15) is 0 Å². The van der Waals surface area contributed by atoms with Crippen LogP contribution in [0.2, 0.25) is 6.04 Å². The van der Waals surface area contributed by atoms with Gasteiger partial charge < -0.3 is 10.6 Å². The monoisotopic (exact) mass is 158 g/mol. The van der Waals surface area contributed by atoms with E-state index in [0.717, 1.165) is 19.1 Å². The summed E-state index contributed by atoms with van der Waals surface area (Å²) in [5.74, 6) is 0. The van der Waals surface area contributed by atoms with Crippen molar-refractivity contribution >= 4 is 9.28 Å². The number of hydrogen-bond donors (Lipinski definition) is 1. The van der Waals surface area contributed by atoms with E-state index in [4.69, 9.17) is 9.22 Å². The minimum Gasteiger partial charge on any atom is -1.00 e. The van der Waals surface area contributed by atoms with Crippen LogP contribution in [0, 0.1) is 0 Å². The molecule has 1 aliphatic rings. The molecule has 1 aliphatic heterocycles. The van der Waals surface area contributed by atoms with Crippen LogP contribution in [0.3, 0.4) is 0 Å². The second kappa shape index (κ2) is 5.55. The summed E-state index contributed by atoms with van der Waals surface area (Å²) in [5, 5.41) is 0. The van der Waals surface area contributed by atoms with Crippen molar-refractivity contribution in [1.82, 2.24) is 0 Å². The minimum absolute atomic E-state index is 0. The van der Waals surface area contributed by atoms with Gasteiger partial charge in [-0.3, -0.25) is 0 Å². The van der Waals surface area contributed by atoms with Crippen molar-refractivity contribution < 1.29 is 62.0 Å². The summed E-state index contributed by atoms with van der Waals surface area (Å²) in [6, 6.07) is 0.958.